The summed E-state index contributed by atoms with van der Waals surface area (Å²) in [6, 6.07) is 7.82. The van der Waals surface area contributed by atoms with Gasteiger partial charge >= 0.3 is 0 Å². The monoisotopic (exact) mass is 209 g/mol. The second-order valence-corrected chi connectivity index (χ2v) is 4.33. The van der Waals surface area contributed by atoms with E-state index >= 15 is 0 Å². The molecule has 0 spiro atoms. The molecule has 1 aromatic rings. The average molecular weight is 209 g/mol. The SMILES string of the molecule is COc1ccc(COCC(C)(C)N)cc1. The van der Waals surface area contributed by atoms with Crippen molar-refractivity contribution in [3.8, 4) is 5.75 Å². The molecule has 1 rings (SSSR count). The van der Waals surface area contributed by atoms with Gasteiger partial charge in [0.2, 0.25) is 0 Å². The van der Waals surface area contributed by atoms with Crippen molar-refractivity contribution in [2.24, 2.45) is 5.73 Å². The van der Waals surface area contributed by atoms with Crippen molar-refractivity contribution >= 4 is 0 Å². The maximum Gasteiger partial charge on any atom is 0.118 e. The van der Waals surface area contributed by atoms with E-state index in [9.17, 15) is 0 Å². The first-order valence-corrected chi connectivity index (χ1v) is 5.01. The van der Waals surface area contributed by atoms with Crippen molar-refractivity contribution in [2.75, 3.05) is 13.7 Å². The number of nitrogens with two attached hydrogens (primary N) is 1. The average Bonchev–Trinajstić information content (AvgIpc) is 2.17. The quantitative estimate of drug-likeness (QED) is 0.806. The standard InChI is InChI=1S/C12H19NO2/c1-12(2,13)9-15-8-10-4-6-11(14-3)7-5-10/h4-7H,8-9,13H2,1-3H3. The topological polar surface area (TPSA) is 44.5 Å². The highest BCUT2D eigenvalue weighted by Crippen LogP contribution is 2.12. The highest BCUT2D eigenvalue weighted by atomic mass is 16.5. The van der Waals surface area contributed by atoms with Crippen LogP contribution in [-0.4, -0.2) is 19.3 Å². The second-order valence-electron chi connectivity index (χ2n) is 4.33. The van der Waals surface area contributed by atoms with Crippen LogP contribution in [0.3, 0.4) is 0 Å². The summed E-state index contributed by atoms with van der Waals surface area (Å²) in [6.45, 7) is 5.03. The van der Waals surface area contributed by atoms with E-state index in [-0.39, 0.29) is 5.54 Å². The Morgan fingerprint density at radius 1 is 1.20 bits per heavy atom. The predicted molar refractivity (Wildman–Crippen MR) is 60.9 cm³/mol. The third kappa shape index (κ3) is 4.81. The van der Waals surface area contributed by atoms with E-state index in [0.717, 1.165) is 11.3 Å². The number of rotatable bonds is 5. The Balaban J connectivity index is 2.38. The van der Waals surface area contributed by atoms with Gasteiger partial charge in [-0.1, -0.05) is 12.1 Å². The third-order valence-corrected chi connectivity index (χ3v) is 1.90. The molecule has 3 nitrogen and oxygen atoms in total. The van der Waals surface area contributed by atoms with Crippen LogP contribution in [0, 0.1) is 0 Å². The number of methoxy groups -OCH3 is 1. The van der Waals surface area contributed by atoms with Gasteiger partial charge in [0.15, 0.2) is 0 Å². The first-order valence-electron chi connectivity index (χ1n) is 5.01. The lowest BCUT2D eigenvalue weighted by molar-refractivity contribution is 0.0850. The molecule has 0 aliphatic heterocycles. The van der Waals surface area contributed by atoms with Gasteiger partial charge in [-0.15, -0.1) is 0 Å². The van der Waals surface area contributed by atoms with E-state index in [1.165, 1.54) is 0 Å². The molecule has 0 unspecified atom stereocenters. The lowest BCUT2D eigenvalue weighted by atomic mass is 10.1. The van der Waals surface area contributed by atoms with Crippen LogP contribution in [0.25, 0.3) is 0 Å². The van der Waals surface area contributed by atoms with Crippen LogP contribution in [0.2, 0.25) is 0 Å². The summed E-state index contributed by atoms with van der Waals surface area (Å²) in [4.78, 5) is 0. The lowest BCUT2D eigenvalue weighted by Crippen LogP contribution is -2.37. The summed E-state index contributed by atoms with van der Waals surface area (Å²) in [5, 5.41) is 0. The maximum absolute atomic E-state index is 5.80. The van der Waals surface area contributed by atoms with Crippen molar-refractivity contribution in [2.45, 2.75) is 26.0 Å². The zero-order valence-corrected chi connectivity index (χ0v) is 9.62. The van der Waals surface area contributed by atoms with E-state index in [1.54, 1.807) is 7.11 Å². The molecule has 0 saturated heterocycles. The van der Waals surface area contributed by atoms with Gasteiger partial charge in [0, 0.05) is 5.54 Å². The van der Waals surface area contributed by atoms with E-state index in [1.807, 2.05) is 38.1 Å². The predicted octanol–water partition coefficient (Wildman–Crippen LogP) is 1.95. The van der Waals surface area contributed by atoms with Crippen molar-refractivity contribution < 1.29 is 9.47 Å². The molecule has 0 aliphatic carbocycles. The molecule has 0 amide bonds. The Morgan fingerprint density at radius 2 is 1.80 bits per heavy atom. The number of benzene rings is 1. The van der Waals surface area contributed by atoms with Crippen LogP contribution in [0.5, 0.6) is 5.75 Å². The van der Waals surface area contributed by atoms with Crippen molar-refractivity contribution in [3.05, 3.63) is 29.8 Å². The number of hydrogen-bond donors (Lipinski definition) is 1. The summed E-state index contributed by atoms with van der Waals surface area (Å²) in [5.41, 5.74) is 6.65. The zero-order valence-electron chi connectivity index (χ0n) is 9.62. The largest absolute Gasteiger partial charge is 0.497 e. The normalized spacial score (nSPS) is 11.5. The molecule has 84 valence electrons. The van der Waals surface area contributed by atoms with Gasteiger partial charge in [-0.2, -0.15) is 0 Å². The Bertz CT molecular complexity index is 287. The van der Waals surface area contributed by atoms with Gasteiger partial charge in [-0.05, 0) is 31.5 Å². The smallest absolute Gasteiger partial charge is 0.118 e. The van der Waals surface area contributed by atoms with Gasteiger partial charge in [0.1, 0.15) is 5.75 Å². The number of ether oxygens (including phenoxy) is 2. The van der Waals surface area contributed by atoms with E-state index < -0.39 is 0 Å². The van der Waals surface area contributed by atoms with Gasteiger partial charge in [0.05, 0.1) is 20.3 Å². The number of hydrogen-bond acceptors (Lipinski definition) is 3. The van der Waals surface area contributed by atoms with Crippen LogP contribution < -0.4 is 10.5 Å². The highest BCUT2D eigenvalue weighted by Gasteiger charge is 2.10. The molecular weight excluding hydrogens is 190 g/mol. The van der Waals surface area contributed by atoms with Gasteiger partial charge in [0.25, 0.3) is 0 Å². The van der Waals surface area contributed by atoms with E-state index in [4.69, 9.17) is 15.2 Å². The molecule has 0 fully saturated rings. The fraction of sp³-hybridized carbons (Fsp3) is 0.500. The Hall–Kier alpha value is -1.06. The van der Waals surface area contributed by atoms with Crippen molar-refractivity contribution in [1.82, 2.24) is 0 Å². The van der Waals surface area contributed by atoms with Crippen LogP contribution in [0.15, 0.2) is 24.3 Å². The van der Waals surface area contributed by atoms with Gasteiger partial charge in [-0.25, -0.2) is 0 Å². The molecule has 0 radical (unpaired) electrons. The third-order valence-electron chi connectivity index (χ3n) is 1.90. The van der Waals surface area contributed by atoms with E-state index in [0.29, 0.717) is 13.2 Å². The fourth-order valence-electron chi connectivity index (χ4n) is 1.15. The van der Waals surface area contributed by atoms with E-state index in [2.05, 4.69) is 0 Å². The minimum Gasteiger partial charge on any atom is -0.497 e. The van der Waals surface area contributed by atoms with Crippen LogP contribution in [0.1, 0.15) is 19.4 Å². The van der Waals surface area contributed by atoms with Crippen LogP contribution >= 0.6 is 0 Å². The molecule has 0 bridgehead atoms. The molecule has 15 heavy (non-hydrogen) atoms. The van der Waals surface area contributed by atoms with Gasteiger partial charge in [-0.3, -0.25) is 0 Å². The van der Waals surface area contributed by atoms with Gasteiger partial charge < -0.3 is 15.2 Å². The molecule has 0 atom stereocenters. The molecule has 0 aliphatic rings. The summed E-state index contributed by atoms with van der Waals surface area (Å²) in [6.07, 6.45) is 0. The molecule has 2 N–H and O–H groups in total. The second kappa shape index (κ2) is 5.14. The fourth-order valence-corrected chi connectivity index (χ4v) is 1.15. The minimum atomic E-state index is -0.271. The Labute approximate surface area is 91.2 Å². The van der Waals surface area contributed by atoms with Crippen molar-refractivity contribution in [3.63, 3.8) is 0 Å². The minimum absolute atomic E-state index is 0.271. The first kappa shape index (κ1) is 12.0. The molecule has 1 aromatic carbocycles. The molecule has 3 heteroatoms. The molecule has 0 aromatic heterocycles. The highest BCUT2D eigenvalue weighted by molar-refractivity contribution is 5.26. The first-order chi connectivity index (χ1) is 7.01. The van der Waals surface area contributed by atoms with Crippen LogP contribution in [0.4, 0.5) is 0 Å². The zero-order chi connectivity index (χ0) is 11.3. The van der Waals surface area contributed by atoms with Crippen LogP contribution in [-0.2, 0) is 11.3 Å². The Morgan fingerprint density at radius 3 is 2.27 bits per heavy atom. The summed E-state index contributed by atoms with van der Waals surface area (Å²) in [7, 11) is 1.66. The van der Waals surface area contributed by atoms with Crippen molar-refractivity contribution in [1.29, 1.82) is 0 Å². The summed E-state index contributed by atoms with van der Waals surface area (Å²) >= 11 is 0. The summed E-state index contributed by atoms with van der Waals surface area (Å²) < 4.78 is 10.6. The maximum atomic E-state index is 5.80. The summed E-state index contributed by atoms with van der Waals surface area (Å²) in [5.74, 6) is 0.859. The Kier molecular flexibility index (Phi) is 4.12. The molecular formula is C12H19NO2. The molecule has 0 saturated carbocycles. The molecule has 0 heterocycles. The lowest BCUT2D eigenvalue weighted by Gasteiger charge is -2.18.